The summed E-state index contributed by atoms with van der Waals surface area (Å²) in [6.45, 7) is 4.03. The van der Waals surface area contributed by atoms with Gasteiger partial charge in [-0.1, -0.05) is 30.3 Å². The van der Waals surface area contributed by atoms with Gasteiger partial charge in [-0.25, -0.2) is 4.98 Å². The molecule has 0 aliphatic carbocycles. The summed E-state index contributed by atoms with van der Waals surface area (Å²) in [5.74, 6) is -0.133. The van der Waals surface area contributed by atoms with Crippen molar-refractivity contribution < 1.29 is 4.79 Å². The first kappa shape index (κ1) is 16.7. The molecular weight excluding hydrogens is 310 g/mol. The number of H-pyrrole nitrogens is 1. The number of amides is 1. The summed E-state index contributed by atoms with van der Waals surface area (Å²) < 4.78 is 0. The second-order valence-corrected chi connectivity index (χ2v) is 6.19. The Morgan fingerprint density at radius 3 is 2.48 bits per heavy atom. The highest BCUT2D eigenvalue weighted by molar-refractivity contribution is 6.02. The number of benzene rings is 2. The normalized spacial score (nSPS) is 11.0. The van der Waals surface area contributed by atoms with E-state index in [0.717, 1.165) is 34.5 Å². The third-order valence-corrected chi connectivity index (χ3v) is 3.85. The number of imidazole rings is 1. The zero-order chi connectivity index (χ0) is 17.6. The molecule has 0 spiro atoms. The summed E-state index contributed by atoms with van der Waals surface area (Å²) in [5.41, 5.74) is 6.35. The molecule has 0 saturated carbocycles. The van der Waals surface area contributed by atoms with Crippen molar-refractivity contribution in [1.29, 1.82) is 0 Å². The lowest BCUT2D eigenvalue weighted by molar-refractivity contribution is -0.111. The molecule has 0 fully saturated rings. The van der Waals surface area contributed by atoms with Crippen LogP contribution in [0.4, 0.5) is 5.69 Å². The predicted molar refractivity (Wildman–Crippen MR) is 101 cm³/mol. The van der Waals surface area contributed by atoms with Crippen LogP contribution in [-0.2, 0) is 11.2 Å². The number of nitrogens with zero attached hydrogens (tertiary/aromatic N) is 1. The van der Waals surface area contributed by atoms with Crippen LogP contribution in [0.25, 0.3) is 6.08 Å². The summed E-state index contributed by atoms with van der Waals surface area (Å²) in [4.78, 5) is 19.2. The van der Waals surface area contributed by atoms with E-state index in [9.17, 15) is 4.79 Å². The predicted octanol–water partition coefficient (Wildman–Crippen LogP) is 4.27. The van der Waals surface area contributed by atoms with Gasteiger partial charge in [0, 0.05) is 30.1 Å². The molecule has 0 bridgehead atoms. The van der Waals surface area contributed by atoms with Gasteiger partial charge in [-0.05, 0) is 54.3 Å². The number of aromatic nitrogens is 2. The molecule has 0 atom stereocenters. The van der Waals surface area contributed by atoms with E-state index in [0.29, 0.717) is 0 Å². The van der Waals surface area contributed by atoms with E-state index in [4.69, 9.17) is 0 Å². The summed E-state index contributed by atoms with van der Waals surface area (Å²) in [6, 6.07) is 14.1. The van der Waals surface area contributed by atoms with Crippen molar-refractivity contribution in [2.24, 2.45) is 0 Å². The number of rotatable bonds is 5. The van der Waals surface area contributed by atoms with Gasteiger partial charge >= 0.3 is 0 Å². The molecule has 126 valence electrons. The van der Waals surface area contributed by atoms with Crippen LogP contribution in [-0.4, -0.2) is 15.9 Å². The van der Waals surface area contributed by atoms with Gasteiger partial charge in [-0.2, -0.15) is 0 Å². The zero-order valence-electron chi connectivity index (χ0n) is 14.4. The fourth-order valence-electron chi connectivity index (χ4n) is 2.75. The number of nitrogens with one attached hydrogen (secondary N) is 2. The Morgan fingerprint density at radius 2 is 1.84 bits per heavy atom. The Kier molecular flexibility index (Phi) is 5.09. The zero-order valence-corrected chi connectivity index (χ0v) is 14.4. The fourth-order valence-corrected chi connectivity index (χ4v) is 2.75. The van der Waals surface area contributed by atoms with Crippen molar-refractivity contribution in [1.82, 2.24) is 9.97 Å². The first-order chi connectivity index (χ1) is 12.1. The topological polar surface area (TPSA) is 57.8 Å². The van der Waals surface area contributed by atoms with Gasteiger partial charge in [0.05, 0.1) is 6.33 Å². The minimum atomic E-state index is -0.133. The van der Waals surface area contributed by atoms with E-state index in [-0.39, 0.29) is 5.91 Å². The van der Waals surface area contributed by atoms with Crippen LogP contribution in [0.1, 0.15) is 27.9 Å². The maximum Gasteiger partial charge on any atom is 0.248 e. The Bertz CT molecular complexity index is 858. The van der Waals surface area contributed by atoms with Crippen molar-refractivity contribution in [3.05, 3.63) is 89.0 Å². The minimum Gasteiger partial charge on any atom is -0.348 e. The van der Waals surface area contributed by atoms with Gasteiger partial charge in [0.2, 0.25) is 5.91 Å². The Morgan fingerprint density at radius 1 is 1.12 bits per heavy atom. The van der Waals surface area contributed by atoms with Gasteiger partial charge in [-0.15, -0.1) is 0 Å². The molecule has 0 saturated heterocycles. The number of carbonyl (C=O) groups excluding carboxylic acids is 1. The molecular formula is C21H21N3O. The number of carbonyl (C=O) groups is 1. The second-order valence-electron chi connectivity index (χ2n) is 6.19. The van der Waals surface area contributed by atoms with Gasteiger partial charge in [0.15, 0.2) is 0 Å². The highest BCUT2D eigenvalue weighted by Gasteiger charge is 2.00. The van der Waals surface area contributed by atoms with Gasteiger partial charge in [0.1, 0.15) is 0 Å². The number of hydrogen-bond acceptors (Lipinski definition) is 2. The molecule has 1 heterocycles. The average molecular weight is 331 g/mol. The number of aryl methyl sites for hydroxylation is 2. The third kappa shape index (κ3) is 4.91. The lowest BCUT2D eigenvalue weighted by atomic mass is 10.1. The molecule has 2 N–H and O–H groups in total. The van der Waals surface area contributed by atoms with Crippen LogP contribution in [0.5, 0.6) is 0 Å². The van der Waals surface area contributed by atoms with Crippen molar-refractivity contribution in [2.75, 3.05) is 5.32 Å². The minimum absolute atomic E-state index is 0.133. The molecule has 4 nitrogen and oxygen atoms in total. The largest absolute Gasteiger partial charge is 0.348 e. The maximum atomic E-state index is 12.1. The Balaban J connectivity index is 1.60. The molecule has 2 aromatic carbocycles. The average Bonchev–Trinajstić information content (AvgIpc) is 3.06. The smallest absolute Gasteiger partial charge is 0.248 e. The Hall–Kier alpha value is -3.14. The lowest BCUT2D eigenvalue weighted by Gasteiger charge is -2.05. The fraction of sp³-hybridized carbons (Fsp3) is 0.143. The van der Waals surface area contributed by atoms with Crippen molar-refractivity contribution >= 4 is 17.7 Å². The van der Waals surface area contributed by atoms with Crippen molar-refractivity contribution in [2.45, 2.75) is 20.3 Å². The standard InChI is InChI=1S/C21H21N3O/c1-15-9-16(2)11-19(10-15)24-21(25)8-7-17-3-5-18(6-4-17)12-20-13-22-14-23-20/h3-11,13-14H,12H2,1-2H3,(H,22,23)(H,24,25)/b8-7+. The summed E-state index contributed by atoms with van der Waals surface area (Å²) in [5, 5.41) is 2.90. The van der Waals surface area contributed by atoms with E-state index in [2.05, 4.69) is 33.5 Å². The molecule has 25 heavy (non-hydrogen) atoms. The molecule has 1 amide bonds. The van der Waals surface area contributed by atoms with E-state index >= 15 is 0 Å². The quantitative estimate of drug-likeness (QED) is 0.686. The van der Waals surface area contributed by atoms with Crippen LogP contribution in [0.15, 0.2) is 61.1 Å². The molecule has 0 unspecified atom stereocenters. The first-order valence-electron chi connectivity index (χ1n) is 8.22. The molecule has 0 radical (unpaired) electrons. The maximum absolute atomic E-state index is 12.1. The molecule has 4 heteroatoms. The van der Waals surface area contributed by atoms with E-state index in [1.165, 1.54) is 5.56 Å². The second kappa shape index (κ2) is 7.62. The summed E-state index contributed by atoms with van der Waals surface area (Å²) >= 11 is 0. The highest BCUT2D eigenvalue weighted by Crippen LogP contribution is 2.14. The molecule has 1 aromatic heterocycles. The van der Waals surface area contributed by atoms with Crippen LogP contribution in [0, 0.1) is 13.8 Å². The third-order valence-electron chi connectivity index (χ3n) is 3.85. The van der Waals surface area contributed by atoms with Crippen LogP contribution in [0.2, 0.25) is 0 Å². The SMILES string of the molecule is Cc1cc(C)cc(NC(=O)/C=C/c2ccc(Cc3cnc[nH]3)cc2)c1. The molecule has 3 aromatic rings. The van der Waals surface area contributed by atoms with Crippen molar-refractivity contribution in [3.8, 4) is 0 Å². The van der Waals surface area contributed by atoms with Gasteiger partial charge in [-0.3, -0.25) is 4.79 Å². The van der Waals surface area contributed by atoms with Gasteiger partial charge in [0.25, 0.3) is 0 Å². The van der Waals surface area contributed by atoms with Crippen LogP contribution < -0.4 is 5.32 Å². The summed E-state index contributed by atoms with van der Waals surface area (Å²) in [7, 11) is 0. The molecule has 3 rings (SSSR count). The molecule has 0 aliphatic rings. The molecule has 0 aliphatic heterocycles. The number of anilines is 1. The summed E-state index contributed by atoms with van der Waals surface area (Å²) in [6.07, 6.45) is 7.70. The van der Waals surface area contributed by atoms with Crippen LogP contribution >= 0.6 is 0 Å². The number of aromatic amines is 1. The monoisotopic (exact) mass is 331 g/mol. The van der Waals surface area contributed by atoms with E-state index < -0.39 is 0 Å². The van der Waals surface area contributed by atoms with Crippen LogP contribution in [0.3, 0.4) is 0 Å². The first-order valence-corrected chi connectivity index (χ1v) is 8.22. The lowest BCUT2D eigenvalue weighted by Crippen LogP contribution is -2.08. The highest BCUT2D eigenvalue weighted by atomic mass is 16.1. The van der Waals surface area contributed by atoms with Crippen molar-refractivity contribution in [3.63, 3.8) is 0 Å². The Labute approximate surface area is 147 Å². The van der Waals surface area contributed by atoms with E-state index in [1.54, 1.807) is 12.4 Å². The van der Waals surface area contributed by atoms with Gasteiger partial charge < -0.3 is 10.3 Å². The number of hydrogen-bond donors (Lipinski definition) is 2. The van der Waals surface area contributed by atoms with E-state index in [1.807, 2.05) is 50.4 Å².